The van der Waals surface area contributed by atoms with E-state index in [1.165, 1.54) is 4.52 Å². The van der Waals surface area contributed by atoms with Crippen LogP contribution in [-0.2, 0) is 10.0 Å². The molecular formula is C14H10N4O2S3. The predicted octanol–water partition coefficient (Wildman–Crippen LogP) is 2.83. The summed E-state index contributed by atoms with van der Waals surface area (Å²) < 4.78 is 24.0. The topological polar surface area (TPSA) is 90.4 Å². The molecule has 6 nitrogen and oxygen atoms in total. The zero-order chi connectivity index (χ0) is 16.0. The van der Waals surface area contributed by atoms with E-state index in [1.807, 2.05) is 35.7 Å². The number of primary sulfonamides is 1. The maximum atomic E-state index is 11.4. The quantitative estimate of drug-likeness (QED) is 0.607. The molecule has 1 aromatic carbocycles. The minimum Gasteiger partial charge on any atom is -0.223 e. The van der Waals surface area contributed by atoms with Crippen molar-refractivity contribution in [3.8, 4) is 21.7 Å². The van der Waals surface area contributed by atoms with Gasteiger partial charge in [-0.15, -0.1) is 16.4 Å². The van der Waals surface area contributed by atoms with Crippen LogP contribution in [0, 0.1) is 0 Å². The third-order valence-corrected chi connectivity index (χ3v) is 6.39. The first-order chi connectivity index (χ1) is 11.0. The van der Waals surface area contributed by atoms with Crippen LogP contribution in [0.25, 0.3) is 26.7 Å². The molecule has 23 heavy (non-hydrogen) atoms. The summed E-state index contributed by atoms with van der Waals surface area (Å²) in [6.45, 7) is 0. The van der Waals surface area contributed by atoms with Crippen LogP contribution >= 0.6 is 22.7 Å². The van der Waals surface area contributed by atoms with Gasteiger partial charge < -0.3 is 0 Å². The Kier molecular flexibility index (Phi) is 3.31. The van der Waals surface area contributed by atoms with Gasteiger partial charge in [0.25, 0.3) is 10.0 Å². The van der Waals surface area contributed by atoms with Gasteiger partial charge in [0.05, 0.1) is 11.9 Å². The molecule has 0 aliphatic heterocycles. The summed E-state index contributed by atoms with van der Waals surface area (Å²) >= 11 is 2.61. The van der Waals surface area contributed by atoms with Crippen molar-refractivity contribution >= 4 is 37.7 Å². The largest absolute Gasteiger partial charge is 0.267 e. The Bertz CT molecular complexity index is 1060. The van der Waals surface area contributed by atoms with Gasteiger partial charge in [0.15, 0.2) is 0 Å². The first-order valence-electron chi connectivity index (χ1n) is 6.55. The molecule has 0 saturated carbocycles. The van der Waals surface area contributed by atoms with Crippen LogP contribution in [0.2, 0.25) is 0 Å². The lowest BCUT2D eigenvalue weighted by Crippen LogP contribution is -2.12. The molecule has 2 N–H and O–H groups in total. The second-order valence-electron chi connectivity index (χ2n) is 4.79. The van der Waals surface area contributed by atoms with E-state index >= 15 is 0 Å². The summed E-state index contributed by atoms with van der Waals surface area (Å²) in [5, 5.41) is 11.1. The highest BCUT2D eigenvalue weighted by atomic mass is 32.2. The summed E-state index contributed by atoms with van der Waals surface area (Å²) in [4.78, 5) is 6.13. The maximum Gasteiger partial charge on any atom is 0.267 e. The summed E-state index contributed by atoms with van der Waals surface area (Å²) in [6.07, 6.45) is 1.72. The normalized spacial score (nSPS) is 12.0. The van der Waals surface area contributed by atoms with Crippen molar-refractivity contribution in [2.75, 3.05) is 0 Å². The van der Waals surface area contributed by atoms with Crippen molar-refractivity contribution in [3.63, 3.8) is 0 Å². The van der Waals surface area contributed by atoms with Gasteiger partial charge in [0, 0.05) is 16.0 Å². The fourth-order valence-corrected chi connectivity index (χ4v) is 4.55. The fraction of sp³-hybridized carbons (Fsp3) is 0. The molecule has 116 valence electrons. The van der Waals surface area contributed by atoms with Gasteiger partial charge in [-0.1, -0.05) is 41.7 Å². The number of rotatable bonds is 3. The first kappa shape index (κ1) is 14.5. The van der Waals surface area contributed by atoms with Gasteiger partial charge in [-0.2, -0.15) is 0 Å². The van der Waals surface area contributed by atoms with Crippen LogP contribution in [-0.4, -0.2) is 23.0 Å². The average Bonchev–Trinajstić information content (AvgIpc) is 3.22. The highest BCUT2D eigenvalue weighted by Crippen LogP contribution is 2.34. The molecule has 0 saturated heterocycles. The Morgan fingerprint density at radius 3 is 2.52 bits per heavy atom. The zero-order valence-electron chi connectivity index (χ0n) is 11.6. The van der Waals surface area contributed by atoms with Crippen molar-refractivity contribution in [2.45, 2.75) is 4.34 Å². The number of hydrogen-bond acceptors (Lipinski definition) is 6. The number of imidazole rings is 1. The summed E-state index contributed by atoms with van der Waals surface area (Å²) in [7, 11) is -3.81. The monoisotopic (exact) mass is 362 g/mol. The van der Waals surface area contributed by atoms with Crippen molar-refractivity contribution in [3.05, 3.63) is 48.0 Å². The molecule has 0 unspecified atom stereocenters. The summed E-state index contributed by atoms with van der Waals surface area (Å²) in [6, 6.07) is 12.0. The van der Waals surface area contributed by atoms with Crippen LogP contribution in [0.4, 0.5) is 0 Å². The molecule has 0 atom stereocenters. The number of nitrogens with zero attached hydrogens (tertiary/aromatic N) is 3. The Hall–Kier alpha value is -2.07. The Morgan fingerprint density at radius 2 is 1.87 bits per heavy atom. The number of fused-ring (bicyclic) bond motifs is 1. The third-order valence-electron chi connectivity index (χ3n) is 3.26. The molecular weight excluding hydrogens is 352 g/mol. The standard InChI is InChI=1S/C14H10N4O2S3/c15-23(19,20)14-17-18-8-11(16-13(18)22-14)9-4-1-2-5-10(9)12-6-3-7-21-12/h1-8H,(H2,15,19,20). The average molecular weight is 362 g/mol. The summed E-state index contributed by atoms with van der Waals surface area (Å²) in [5.74, 6) is 0. The Morgan fingerprint density at radius 1 is 1.09 bits per heavy atom. The molecule has 4 rings (SSSR count). The number of nitrogens with two attached hydrogens (primary N) is 1. The highest BCUT2D eigenvalue weighted by Gasteiger charge is 2.18. The van der Waals surface area contributed by atoms with Crippen molar-refractivity contribution in [1.82, 2.24) is 14.6 Å². The molecule has 9 heteroatoms. The minimum absolute atomic E-state index is 0.141. The van der Waals surface area contributed by atoms with E-state index in [0.717, 1.165) is 33.0 Å². The van der Waals surface area contributed by atoms with E-state index < -0.39 is 10.0 Å². The molecule has 0 fully saturated rings. The van der Waals surface area contributed by atoms with E-state index in [9.17, 15) is 8.42 Å². The smallest absolute Gasteiger partial charge is 0.223 e. The van der Waals surface area contributed by atoms with Crippen LogP contribution in [0.1, 0.15) is 0 Å². The third kappa shape index (κ3) is 2.57. The van der Waals surface area contributed by atoms with Gasteiger partial charge in [0.1, 0.15) is 0 Å². The van der Waals surface area contributed by atoms with Crippen LogP contribution < -0.4 is 5.14 Å². The zero-order valence-corrected chi connectivity index (χ0v) is 14.0. The van der Waals surface area contributed by atoms with Crippen LogP contribution in [0.3, 0.4) is 0 Å². The second-order valence-corrected chi connectivity index (χ2v) is 8.43. The van der Waals surface area contributed by atoms with E-state index in [2.05, 4.69) is 16.1 Å². The van der Waals surface area contributed by atoms with E-state index in [0.29, 0.717) is 4.96 Å². The predicted molar refractivity (Wildman–Crippen MR) is 91.0 cm³/mol. The van der Waals surface area contributed by atoms with Crippen molar-refractivity contribution in [2.24, 2.45) is 5.14 Å². The van der Waals surface area contributed by atoms with Gasteiger partial charge in [-0.25, -0.2) is 23.1 Å². The van der Waals surface area contributed by atoms with Gasteiger partial charge in [-0.3, -0.25) is 0 Å². The van der Waals surface area contributed by atoms with Crippen molar-refractivity contribution in [1.29, 1.82) is 0 Å². The molecule has 0 bridgehead atoms. The Labute approximate surface area is 139 Å². The Balaban J connectivity index is 1.86. The molecule has 4 aromatic rings. The number of sulfonamides is 1. The van der Waals surface area contributed by atoms with Crippen LogP contribution in [0.15, 0.2) is 52.3 Å². The minimum atomic E-state index is -3.81. The molecule has 0 radical (unpaired) electrons. The van der Waals surface area contributed by atoms with Gasteiger partial charge >= 0.3 is 0 Å². The highest BCUT2D eigenvalue weighted by molar-refractivity contribution is 7.91. The van der Waals surface area contributed by atoms with Crippen LogP contribution in [0.5, 0.6) is 0 Å². The molecule has 0 aliphatic carbocycles. The maximum absolute atomic E-state index is 11.4. The number of hydrogen-bond donors (Lipinski definition) is 1. The first-order valence-corrected chi connectivity index (χ1v) is 9.79. The van der Waals surface area contributed by atoms with E-state index in [-0.39, 0.29) is 4.34 Å². The van der Waals surface area contributed by atoms with Crippen molar-refractivity contribution < 1.29 is 8.42 Å². The number of thiophene rings is 1. The van der Waals surface area contributed by atoms with Gasteiger partial charge in [0.2, 0.25) is 9.30 Å². The SMILES string of the molecule is NS(=O)(=O)c1nn2cc(-c3ccccc3-c3cccs3)nc2s1. The number of benzene rings is 1. The molecule has 0 amide bonds. The fourth-order valence-electron chi connectivity index (χ4n) is 2.28. The lowest BCUT2D eigenvalue weighted by Gasteiger charge is -2.04. The molecule has 3 aromatic heterocycles. The molecule has 3 heterocycles. The summed E-state index contributed by atoms with van der Waals surface area (Å²) in [5.41, 5.74) is 2.80. The lowest BCUT2D eigenvalue weighted by molar-refractivity contribution is 0.595. The number of aromatic nitrogens is 3. The second kappa shape index (κ2) is 5.24. The molecule has 0 aliphatic rings. The van der Waals surface area contributed by atoms with E-state index in [1.54, 1.807) is 17.5 Å². The van der Waals surface area contributed by atoms with E-state index in [4.69, 9.17) is 5.14 Å². The molecule has 0 spiro atoms. The lowest BCUT2D eigenvalue weighted by atomic mass is 10.0. The van der Waals surface area contributed by atoms with Gasteiger partial charge in [-0.05, 0) is 11.4 Å².